The van der Waals surface area contributed by atoms with Crippen LogP contribution in [-0.4, -0.2) is 37.5 Å². The second kappa shape index (κ2) is 9.96. The van der Waals surface area contributed by atoms with Crippen molar-refractivity contribution >= 4 is 26.0 Å². The van der Waals surface area contributed by atoms with Crippen LogP contribution in [0, 0.1) is 17.2 Å². The summed E-state index contributed by atoms with van der Waals surface area (Å²) in [5, 5.41) is 9.69. The normalized spacial score (nSPS) is 16.0. The van der Waals surface area contributed by atoms with E-state index in [0.717, 1.165) is 17.1 Å². The summed E-state index contributed by atoms with van der Waals surface area (Å²) in [5.74, 6) is 0.397. The first-order chi connectivity index (χ1) is 11.6. The summed E-state index contributed by atoms with van der Waals surface area (Å²) in [6, 6.07) is 2.13. The third-order valence-corrected chi connectivity index (χ3v) is 9.89. The number of hydrogen-bond donors (Lipinski definition) is 0. The fraction of sp³-hybridized carbons (Fsp3) is 0.800. The lowest BCUT2D eigenvalue weighted by atomic mass is 10.0. The predicted molar refractivity (Wildman–Crippen MR) is 114 cm³/mol. The van der Waals surface area contributed by atoms with E-state index in [1.807, 2.05) is 45.5 Å². The quantitative estimate of drug-likeness (QED) is 0.304. The Morgan fingerprint density at radius 2 is 1.77 bits per heavy atom. The molecule has 0 amide bonds. The number of nitrogens with zero attached hydrogens (tertiary/aromatic N) is 1. The van der Waals surface area contributed by atoms with E-state index >= 15 is 0 Å². The van der Waals surface area contributed by atoms with Crippen molar-refractivity contribution in [3.05, 3.63) is 11.6 Å². The van der Waals surface area contributed by atoms with Gasteiger partial charge >= 0.3 is 5.97 Å². The fourth-order valence-electron chi connectivity index (χ4n) is 1.93. The molecule has 0 heterocycles. The summed E-state index contributed by atoms with van der Waals surface area (Å²) in [6.45, 7) is 20.3. The molecule has 4 nitrogen and oxygen atoms in total. The number of thioether (sulfide) groups is 1. The molecule has 26 heavy (non-hydrogen) atoms. The van der Waals surface area contributed by atoms with Gasteiger partial charge in [-0.25, -0.2) is 0 Å². The van der Waals surface area contributed by atoms with Crippen LogP contribution in [0.25, 0.3) is 0 Å². The Labute approximate surface area is 165 Å². The molecule has 0 saturated heterocycles. The van der Waals surface area contributed by atoms with Crippen molar-refractivity contribution in [3.8, 4) is 6.07 Å². The van der Waals surface area contributed by atoms with Crippen molar-refractivity contribution in [1.82, 2.24) is 0 Å². The van der Waals surface area contributed by atoms with E-state index in [-0.39, 0.29) is 5.04 Å². The van der Waals surface area contributed by atoms with Crippen molar-refractivity contribution in [2.24, 2.45) is 5.92 Å². The number of esters is 1. The zero-order chi connectivity index (χ0) is 20.8. The molecule has 0 aliphatic rings. The van der Waals surface area contributed by atoms with Gasteiger partial charge in [-0.05, 0) is 51.6 Å². The van der Waals surface area contributed by atoms with E-state index in [9.17, 15) is 10.1 Å². The third kappa shape index (κ3) is 8.74. The molecule has 0 aliphatic heterocycles. The second-order valence-electron chi connectivity index (χ2n) is 9.13. The average molecular weight is 400 g/mol. The van der Waals surface area contributed by atoms with Gasteiger partial charge < -0.3 is 9.16 Å². The minimum Gasteiger partial charge on any atom is -0.459 e. The van der Waals surface area contributed by atoms with Crippen molar-refractivity contribution < 1.29 is 14.0 Å². The Kier molecular flexibility index (Phi) is 9.66. The van der Waals surface area contributed by atoms with Gasteiger partial charge in [0.2, 0.25) is 0 Å². The summed E-state index contributed by atoms with van der Waals surface area (Å²) in [7, 11) is -2.16. The second-order valence-corrected chi connectivity index (χ2v) is 15.2. The van der Waals surface area contributed by atoms with E-state index < -0.39 is 31.9 Å². The first kappa shape index (κ1) is 25.2. The molecule has 0 fully saturated rings. The number of carbonyl (C=O) groups excluding carboxylic acids is 1. The number of carbonyl (C=O) groups is 1. The van der Waals surface area contributed by atoms with Crippen LogP contribution >= 0.6 is 11.8 Å². The van der Waals surface area contributed by atoms with Gasteiger partial charge in [0, 0.05) is 5.75 Å². The zero-order valence-corrected chi connectivity index (χ0v) is 20.0. The van der Waals surface area contributed by atoms with Gasteiger partial charge in [-0.3, -0.25) is 4.79 Å². The molecule has 0 aromatic rings. The van der Waals surface area contributed by atoms with E-state index in [0.29, 0.717) is 0 Å². The van der Waals surface area contributed by atoms with E-state index in [4.69, 9.17) is 9.16 Å². The molecule has 0 unspecified atom stereocenters. The molecule has 0 rings (SSSR count). The van der Waals surface area contributed by atoms with Crippen LogP contribution in [0.5, 0.6) is 0 Å². The average Bonchev–Trinajstić information content (AvgIpc) is 2.42. The number of hydrogen-bond acceptors (Lipinski definition) is 5. The standard InChI is InChI=1S/C20H37NO3SSi/c1-11-25-14-15(2)12-17(24-26(9,10)20(6,7)8)16(13-21)18(22)23-19(3,4)5/h12,16-17H,11,14H2,1-10H3/b15-12+/t16-,17+/m0/s1. The van der Waals surface area contributed by atoms with Gasteiger partial charge in [-0.15, -0.1) is 0 Å². The minimum absolute atomic E-state index is 0.0148. The maximum atomic E-state index is 12.6. The smallest absolute Gasteiger partial charge is 0.326 e. The molecule has 0 radical (unpaired) electrons. The summed E-state index contributed by atoms with van der Waals surface area (Å²) in [4.78, 5) is 12.6. The summed E-state index contributed by atoms with van der Waals surface area (Å²) in [5.41, 5.74) is 0.481. The van der Waals surface area contributed by atoms with E-state index in [1.54, 1.807) is 0 Å². The predicted octanol–water partition coefficient (Wildman–Crippen LogP) is 5.56. The molecule has 0 aliphatic carbocycles. The van der Waals surface area contributed by atoms with Crippen molar-refractivity contribution in [3.63, 3.8) is 0 Å². The van der Waals surface area contributed by atoms with E-state index in [1.165, 1.54) is 0 Å². The summed E-state index contributed by atoms with van der Waals surface area (Å²) < 4.78 is 11.9. The summed E-state index contributed by atoms with van der Waals surface area (Å²) >= 11 is 1.81. The number of nitriles is 1. The van der Waals surface area contributed by atoms with Gasteiger partial charge in [0.25, 0.3) is 0 Å². The largest absolute Gasteiger partial charge is 0.459 e. The van der Waals surface area contributed by atoms with Crippen molar-refractivity contribution in [2.45, 2.75) is 85.2 Å². The van der Waals surface area contributed by atoms with Gasteiger partial charge in [0.1, 0.15) is 5.60 Å². The maximum Gasteiger partial charge on any atom is 0.326 e. The molecule has 0 aromatic carbocycles. The Hall–Kier alpha value is -0.773. The number of ether oxygens (including phenoxy) is 1. The van der Waals surface area contributed by atoms with E-state index in [2.05, 4.69) is 46.9 Å². The lowest BCUT2D eigenvalue weighted by Gasteiger charge is -2.39. The topological polar surface area (TPSA) is 59.3 Å². The third-order valence-electron chi connectivity index (χ3n) is 4.35. The molecule has 0 spiro atoms. The molecular formula is C20H37NO3SSi. The van der Waals surface area contributed by atoms with Crippen LogP contribution in [0.3, 0.4) is 0 Å². The number of rotatable bonds is 8. The fourth-order valence-corrected chi connectivity index (χ4v) is 3.79. The minimum atomic E-state index is -2.16. The first-order valence-corrected chi connectivity index (χ1v) is 13.3. The van der Waals surface area contributed by atoms with Crippen LogP contribution in [0.2, 0.25) is 18.1 Å². The molecule has 0 aromatic heterocycles. The van der Waals surface area contributed by atoms with Crippen LogP contribution < -0.4 is 0 Å². The Bertz CT molecular complexity index is 539. The Balaban J connectivity index is 5.75. The molecule has 0 bridgehead atoms. The molecule has 150 valence electrons. The molecule has 6 heteroatoms. The van der Waals surface area contributed by atoms with Gasteiger partial charge in [0.15, 0.2) is 14.2 Å². The SMILES string of the molecule is CCSC/C(C)=C/[C@@H](O[Si](C)(C)C(C)(C)C)[C@H](C#N)C(=O)OC(C)(C)C. The van der Waals surface area contributed by atoms with Gasteiger partial charge in [-0.1, -0.05) is 39.3 Å². The van der Waals surface area contributed by atoms with Crippen molar-refractivity contribution in [1.29, 1.82) is 5.26 Å². The van der Waals surface area contributed by atoms with Crippen LogP contribution in [0.1, 0.15) is 55.4 Å². The highest BCUT2D eigenvalue weighted by molar-refractivity contribution is 7.99. The van der Waals surface area contributed by atoms with Crippen molar-refractivity contribution in [2.75, 3.05) is 11.5 Å². The molecule has 2 atom stereocenters. The zero-order valence-electron chi connectivity index (χ0n) is 18.2. The monoisotopic (exact) mass is 399 g/mol. The highest BCUT2D eigenvalue weighted by Gasteiger charge is 2.42. The van der Waals surface area contributed by atoms with Crippen LogP contribution in [0.15, 0.2) is 11.6 Å². The Morgan fingerprint density at radius 1 is 1.23 bits per heavy atom. The maximum absolute atomic E-state index is 12.6. The first-order valence-electron chi connectivity index (χ1n) is 9.20. The van der Waals surface area contributed by atoms with Crippen LogP contribution in [-0.2, 0) is 14.0 Å². The molecule has 0 saturated carbocycles. The molecule has 0 N–H and O–H groups in total. The summed E-state index contributed by atoms with van der Waals surface area (Å²) in [6.07, 6.45) is 1.36. The lowest BCUT2D eigenvalue weighted by molar-refractivity contribution is -0.160. The molecular weight excluding hydrogens is 362 g/mol. The van der Waals surface area contributed by atoms with Gasteiger partial charge in [0.05, 0.1) is 12.2 Å². The lowest BCUT2D eigenvalue weighted by Crippen LogP contribution is -2.47. The highest BCUT2D eigenvalue weighted by atomic mass is 32.2. The van der Waals surface area contributed by atoms with Gasteiger partial charge in [-0.2, -0.15) is 17.0 Å². The highest BCUT2D eigenvalue weighted by Crippen LogP contribution is 2.38. The van der Waals surface area contributed by atoms with Crippen LogP contribution in [0.4, 0.5) is 0 Å². The Morgan fingerprint density at radius 3 is 2.15 bits per heavy atom.